The molecule has 104 valence electrons. The van der Waals surface area contributed by atoms with Gasteiger partial charge in [0, 0.05) is 17.4 Å². The van der Waals surface area contributed by atoms with E-state index in [-0.39, 0.29) is 10.4 Å². The lowest BCUT2D eigenvalue weighted by Gasteiger charge is -2.27. The zero-order valence-corrected chi connectivity index (χ0v) is 11.6. The number of nitro groups is 1. The third kappa shape index (κ3) is 3.18. The molecule has 0 bridgehead atoms. The molecule has 2 rings (SSSR count). The Hall–Kier alpha value is -1.30. The van der Waals surface area contributed by atoms with E-state index in [9.17, 15) is 14.5 Å². The fourth-order valence-electron chi connectivity index (χ4n) is 2.49. The van der Waals surface area contributed by atoms with E-state index in [1.54, 1.807) is 0 Å². The minimum atomic E-state index is -0.590. The van der Waals surface area contributed by atoms with Crippen LogP contribution in [0.5, 0.6) is 0 Å². The van der Waals surface area contributed by atoms with Crippen LogP contribution in [0.4, 0.5) is 15.8 Å². The number of hydrogen-bond donors (Lipinski definition) is 1. The van der Waals surface area contributed by atoms with Crippen LogP contribution in [0.3, 0.4) is 0 Å². The second-order valence-electron chi connectivity index (χ2n) is 4.87. The summed E-state index contributed by atoms with van der Waals surface area (Å²) in [7, 11) is 0. The zero-order chi connectivity index (χ0) is 13.9. The number of halogens is 1. The number of nitro benzene ring substituents is 1. The maximum Gasteiger partial charge on any atom is 0.272 e. The van der Waals surface area contributed by atoms with Crippen molar-refractivity contribution in [3.8, 4) is 0 Å². The monoisotopic (exact) mass is 284 g/mol. The highest BCUT2D eigenvalue weighted by Crippen LogP contribution is 2.40. The van der Waals surface area contributed by atoms with Crippen molar-refractivity contribution in [1.82, 2.24) is 0 Å². The van der Waals surface area contributed by atoms with Crippen LogP contribution in [0.15, 0.2) is 18.2 Å². The highest BCUT2D eigenvalue weighted by Gasteiger charge is 2.32. The average Bonchev–Trinajstić information content (AvgIpc) is 2.86. The number of anilines is 1. The topological polar surface area (TPSA) is 55.2 Å². The first kappa shape index (κ1) is 14.1. The second-order valence-corrected chi connectivity index (χ2v) is 6.14. The van der Waals surface area contributed by atoms with Gasteiger partial charge in [-0.25, -0.2) is 4.39 Å². The van der Waals surface area contributed by atoms with Crippen LogP contribution in [-0.2, 0) is 0 Å². The lowest BCUT2D eigenvalue weighted by Crippen LogP contribution is -2.30. The van der Waals surface area contributed by atoms with Crippen LogP contribution in [0.25, 0.3) is 0 Å². The molecule has 1 fully saturated rings. The molecule has 0 heterocycles. The van der Waals surface area contributed by atoms with Crippen molar-refractivity contribution in [2.75, 3.05) is 18.1 Å². The molecule has 1 aliphatic carbocycles. The van der Waals surface area contributed by atoms with E-state index < -0.39 is 10.7 Å². The standard InChI is InChI=1S/C13H17FN2O2S/c1-19-13(6-2-3-7-13)9-15-12-5-4-10(16(17)18)8-11(12)14/h4-5,8,15H,2-3,6-7,9H2,1H3. The van der Waals surface area contributed by atoms with Gasteiger partial charge in [-0.15, -0.1) is 0 Å². The molecule has 0 atom stereocenters. The average molecular weight is 284 g/mol. The molecule has 1 N–H and O–H groups in total. The molecule has 0 amide bonds. The fourth-order valence-corrected chi connectivity index (χ4v) is 3.40. The summed E-state index contributed by atoms with van der Waals surface area (Å²) in [6.07, 6.45) is 6.78. The van der Waals surface area contributed by atoms with E-state index in [0.717, 1.165) is 18.9 Å². The lowest BCUT2D eigenvalue weighted by molar-refractivity contribution is -0.385. The summed E-state index contributed by atoms with van der Waals surface area (Å²) in [6, 6.07) is 3.73. The largest absolute Gasteiger partial charge is 0.381 e. The maximum atomic E-state index is 13.7. The number of nitrogens with one attached hydrogen (secondary N) is 1. The van der Waals surface area contributed by atoms with Crippen LogP contribution in [0.1, 0.15) is 25.7 Å². The summed E-state index contributed by atoms with van der Waals surface area (Å²) in [6.45, 7) is 0.697. The van der Waals surface area contributed by atoms with Gasteiger partial charge in [-0.1, -0.05) is 12.8 Å². The van der Waals surface area contributed by atoms with Gasteiger partial charge < -0.3 is 5.32 Å². The molecule has 1 aromatic rings. The summed E-state index contributed by atoms with van der Waals surface area (Å²) >= 11 is 1.82. The molecule has 6 heteroatoms. The highest BCUT2D eigenvalue weighted by molar-refractivity contribution is 8.00. The lowest BCUT2D eigenvalue weighted by atomic mass is 10.1. The van der Waals surface area contributed by atoms with Crippen LogP contribution >= 0.6 is 11.8 Å². The van der Waals surface area contributed by atoms with Crippen molar-refractivity contribution in [2.45, 2.75) is 30.4 Å². The van der Waals surface area contributed by atoms with Crippen LogP contribution in [-0.4, -0.2) is 22.5 Å². The van der Waals surface area contributed by atoms with Crippen molar-refractivity contribution >= 4 is 23.1 Å². The molecule has 0 aliphatic heterocycles. The molecule has 4 nitrogen and oxygen atoms in total. The Morgan fingerprint density at radius 3 is 2.68 bits per heavy atom. The number of rotatable bonds is 5. The van der Waals surface area contributed by atoms with Crippen molar-refractivity contribution < 1.29 is 9.31 Å². The SMILES string of the molecule is CSC1(CNc2ccc([N+](=O)[O-])cc2F)CCCC1. The second kappa shape index (κ2) is 5.77. The number of benzene rings is 1. The van der Waals surface area contributed by atoms with Crippen molar-refractivity contribution in [3.05, 3.63) is 34.1 Å². The van der Waals surface area contributed by atoms with Gasteiger partial charge in [-0.05, 0) is 25.2 Å². The first-order valence-corrected chi connectivity index (χ1v) is 7.52. The van der Waals surface area contributed by atoms with Gasteiger partial charge in [0.05, 0.1) is 16.7 Å². The quantitative estimate of drug-likeness (QED) is 0.659. The van der Waals surface area contributed by atoms with Gasteiger partial charge in [-0.3, -0.25) is 10.1 Å². The smallest absolute Gasteiger partial charge is 0.272 e. The van der Waals surface area contributed by atoms with E-state index in [0.29, 0.717) is 12.2 Å². The molecule has 0 saturated heterocycles. The molecule has 1 saturated carbocycles. The van der Waals surface area contributed by atoms with Crippen LogP contribution < -0.4 is 5.32 Å². The van der Waals surface area contributed by atoms with Gasteiger partial charge >= 0.3 is 0 Å². The van der Waals surface area contributed by atoms with Crippen molar-refractivity contribution in [3.63, 3.8) is 0 Å². The van der Waals surface area contributed by atoms with E-state index in [4.69, 9.17) is 0 Å². The first-order valence-electron chi connectivity index (χ1n) is 6.29. The molecule has 1 aromatic carbocycles. The van der Waals surface area contributed by atoms with Gasteiger partial charge in [0.15, 0.2) is 5.82 Å². The van der Waals surface area contributed by atoms with Gasteiger partial charge in [0.2, 0.25) is 0 Å². The molecular weight excluding hydrogens is 267 g/mol. The summed E-state index contributed by atoms with van der Waals surface area (Å²) in [5.41, 5.74) is 0.120. The summed E-state index contributed by atoms with van der Waals surface area (Å²) in [5.74, 6) is -0.566. The Labute approximate surface area is 115 Å². The summed E-state index contributed by atoms with van der Waals surface area (Å²) in [5, 5.41) is 13.6. The van der Waals surface area contributed by atoms with Gasteiger partial charge in [0.1, 0.15) is 0 Å². The van der Waals surface area contributed by atoms with E-state index in [2.05, 4.69) is 11.6 Å². The predicted octanol–water partition coefficient (Wildman–Crippen LogP) is 3.82. The molecule has 0 unspecified atom stereocenters. The minimum Gasteiger partial charge on any atom is -0.381 e. The fraction of sp³-hybridized carbons (Fsp3) is 0.538. The normalized spacial score (nSPS) is 17.4. The highest BCUT2D eigenvalue weighted by atomic mass is 32.2. The molecular formula is C13H17FN2O2S. The van der Waals surface area contributed by atoms with Crippen LogP contribution in [0.2, 0.25) is 0 Å². The number of nitrogens with zero attached hydrogens (tertiary/aromatic N) is 1. The van der Waals surface area contributed by atoms with Crippen molar-refractivity contribution in [1.29, 1.82) is 0 Å². The third-order valence-corrected chi connectivity index (χ3v) is 5.13. The third-order valence-electron chi connectivity index (χ3n) is 3.71. The minimum absolute atomic E-state index is 0.175. The molecule has 19 heavy (non-hydrogen) atoms. The van der Waals surface area contributed by atoms with E-state index in [1.807, 2.05) is 11.8 Å². The maximum absolute atomic E-state index is 13.7. The van der Waals surface area contributed by atoms with E-state index >= 15 is 0 Å². The Morgan fingerprint density at radius 1 is 1.47 bits per heavy atom. The van der Waals surface area contributed by atoms with Gasteiger partial charge in [0.25, 0.3) is 5.69 Å². The van der Waals surface area contributed by atoms with Crippen LogP contribution in [0, 0.1) is 15.9 Å². The Bertz CT molecular complexity index is 476. The zero-order valence-electron chi connectivity index (χ0n) is 10.8. The number of hydrogen-bond acceptors (Lipinski definition) is 4. The van der Waals surface area contributed by atoms with E-state index in [1.165, 1.54) is 25.0 Å². The Balaban J connectivity index is 2.05. The Morgan fingerprint density at radius 2 is 2.16 bits per heavy atom. The summed E-state index contributed by atoms with van der Waals surface area (Å²) < 4.78 is 13.9. The Kier molecular flexibility index (Phi) is 4.29. The number of thioether (sulfide) groups is 1. The van der Waals surface area contributed by atoms with Crippen molar-refractivity contribution in [2.24, 2.45) is 0 Å². The first-order chi connectivity index (χ1) is 9.06. The number of non-ortho nitro benzene ring substituents is 1. The molecule has 0 aromatic heterocycles. The summed E-state index contributed by atoms with van der Waals surface area (Å²) in [4.78, 5) is 9.95. The van der Waals surface area contributed by atoms with Gasteiger partial charge in [-0.2, -0.15) is 11.8 Å². The molecule has 0 radical (unpaired) electrons. The molecule has 0 spiro atoms. The molecule has 1 aliphatic rings. The predicted molar refractivity (Wildman–Crippen MR) is 76.3 cm³/mol.